The standard InChI is InChI=1S/C35H35NO4/c37-33-11-5-4-10-32(33)35(38)40-29-17-19-31-27(24-29)14-18-30(25-8-2-1-3-9-25)34(31)26-12-15-28(16-13-26)39-23-22-36-20-6-7-21-36/h1-5,8-13,15-17,19,24,30,34,37H,6-7,14,18,20-23H2/t30-,34+/m1/s1. The predicted octanol–water partition coefficient (Wildman–Crippen LogP) is 6.95. The second-order valence-electron chi connectivity index (χ2n) is 10.8. The smallest absolute Gasteiger partial charge is 0.347 e. The molecule has 4 aromatic carbocycles. The molecule has 1 heterocycles. The average molecular weight is 534 g/mol. The summed E-state index contributed by atoms with van der Waals surface area (Å²) in [7, 11) is 0. The third-order valence-corrected chi connectivity index (χ3v) is 8.25. The molecular formula is C35H35NO4. The summed E-state index contributed by atoms with van der Waals surface area (Å²) in [6, 6.07) is 31.7. The molecule has 2 atom stereocenters. The summed E-state index contributed by atoms with van der Waals surface area (Å²) < 4.78 is 11.8. The van der Waals surface area contributed by atoms with Gasteiger partial charge < -0.3 is 14.6 Å². The topological polar surface area (TPSA) is 59.0 Å². The van der Waals surface area contributed by atoms with Crippen LogP contribution in [-0.2, 0) is 6.42 Å². The van der Waals surface area contributed by atoms with Crippen molar-refractivity contribution in [3.05, 3.63) is 125 Å². The molecule has 1 saturated heterocycles. The van der Waals surface area contributed by atoms with Crippen molar-refractivity contribution in [1.82, 2.24) is 4.90 Å². The van der Waals surface area contributed by atoms with Crippen LogP contribution in [0.5, 0.6) is 17.2 Å². The van der Waals surface area contributed by atoms with E-state index in [1.807, 2.05) is 12.1 Å². The molecular weight excluding hydrogens is 498 g/mol. The van der Waals surface area contributed by atoms with Gasteiger partial charge in [0.05, 0.1) is 0 Å². The number of hydrogen-bond acceptors (Lipinski definition) is 5. The van der Waals surface area contributed by atoms with Gasteiger partial charge in [-0.1, -0.05) is 60.7 Å². The number of aromatic hydroxyl groups is 1. The molecule has 0 aromatic heterocycles. The first-order chi connectivity index (χ1) is 19.7. The summed E-state index contributed by atoms with van der Waals surface area (Å²) >= 11 is 0. The van der Waals surface area contributed by atoms with Crippen molar-refractivity contribution >= 4 is 5.97 Å². The lowest BCUT2D eigenvalue weighted by Gasteiger charge is -2.35. The van der Waals surface area contributed by atoms with Crippen molar-refractivity contribution in [2.24, 2.45) is 0 Å². The third-order valence-electron chi connectivity index (χ3n) is 8.25. The Morgan fingerprint density at radius 2 is 1.55 bits per heavy atom. The molecule has 0 unspecified atom stereocenters. The highest BCUT2D eigenvalue weighted by molar-refractivity contribution is 5.93. The molecule has 6 rings (SSSR count). The molecule has 204 valence electrons. The number of nitrogens with zero attached hydrogens (tertiary/aromatic N) is 1. The molecule has 2 aliphatic rings. The van der Waals surface area contributed by atoms with Gasteiger partial charge in [-0.25, -0.2) is 4.79 Å². The number of fused-ring (bicyclic) bond motifs is 1. The SMILES string of the molecule is O=C(Oc1ccc2c(c1)CC[C@H](c1ccccc1)[C@@H]2c1ccc(OCCN2CCCC2)cc1)c1ccccc1O. The number of hydrogen-bond donors (Lipinski definition) is 1. The van der Waals surface area contributed by atoms with E-state index in [0.29, 0.717) is 18.3 Å². The van der Waals surface area contributed by atoms with Crippen LogP contribution >= 0.6 is 0 Å². The fourth-order valence-electron chi connectivity index (χ4n) is 6.21. The van der Waals surface area contributed by atoms with Gasteiger partial charge >= 0.3 is 5.97 Å². The lowest BCUT2D eigenvalue weighted by atomic mass is 9.69. The Bertz CT molecular complexity index is 1440. The van der Waals surface area contributed by atoms with E-state index in [-0.39, 0.29) is 17.2 Å². The molecule has 1 N–H and O–H groups in total. The first-order valence-electron chi connectivity index (χ1n) is 14.3. The predicted molar refractivity (Wildman–Crippen MR) is 156 cm³/mol. The number of phenols is 1. The van der Waals surface area contributed by atoms with Gasteiger partial charge in [-0.05, 0) is 103 Å². The first kappa shape index (κ1) is 26.1. The van der Waals surface area contributed by atoms with Crippen LogP contribution in [0.3, 0.4) is 0 Å². The van der Waals surface area contributed by atoms with Crippen LogP contribution in [0.15, 0.2) is 97.1 Å². The Labute approximate surface area is 236 Å². The number of carbonyl (C=O) groups is 1. The number of phenolic OH excluding ortho intramolecular Hbond substituents is 1. The van der Waals surface area contributed by atoms with Gasteiger partial charge in [-0.3, -0.25) is 4.90 Å². The van der Waals surface area contributed by atoms with Crippen LogP contribution in [0.4, 0.5) is 0 Å². The van der Waals surface area contributed by atoms with Gasteiger partial charge in [0.1, 0.15) is 29.4 Å². The minimum atomic E-state index is -0.562. The molecule has 0 radical (unpaired) electrons. The van der Waals surface area contributed by atoms with E-state index >= 15 is 0 Å². The van der Waals surface area contributed by atoms with Crippen LogP contribution in [-0.4, -0.2) is 42.2 Å². The second kappa shape index (κ2) is 12.0. The van der Waals surface area contributed by atoms with E-state index in [0.717, 1.165) is 25.1 Å². The van der Waals surface area contributed by atoms with E-state index in [4.69, 9.17) is 9.47 Å². The fraction of sp³-hybridized carbons (Fsp3) is 0.286. The number of carbonyl (C=O) groups excluding carboxylic acids is 1. The molecule has 0 bridgehead atoms. The lowest BCUT2D eigenvalue weighted by Crippen LogP contribution is -2.25. The molecule has 0 spiro atoms. The Kier molecular flexibility index (Phi) is 7.83. The largest absolute Gasteiger partial charge is 0.507 e. The second-order valence-corrected chi connectivity index (χ2v) is 10.8. The Hall–Kier alpha value is -4.09. The Morgan fingerprint density at radius 3 is 2.33 bits per heavy atom. The van der Waals surface area contributed by atoms with Gasteiger partial charge in [0, 0.05) is 12.5 Å². The molecule has 1 fully saturated rings. The highest BCUT2D eigenvalue weighted by Crippen LogP contribution is 2.47. The van der Waals surface area contributed by atoms with E-state index in [9.17, 15) is 9.90 Å². The Morgan fingerprint density at radius 1 is 0.825 bits per heavy atom. The van der Waals surface area contributed by atoms with Crippen molar-refractivity contribution in [1.29, 1.82) is 0 Å². The van der Waals surface area contributed by atoms with Crippen molar-refractivity contribution in [3.8, 4) is 17.2 Å². The molecule has 5 nitrogen and oxygen atoms in total. The maximum atomic E-state index is 12.7. The highest BCUT2D eigenvalue weighted by Gasteiger charge is 2.32. The third kappa shape index (κ3) is 5.75. The fourth-order valence-corrected chi connectivity index (χ4v) is 6.21. The number of benzene rings is 4. The summed E-state index contributed by atoms with van der Waals surface area (Å²) in [5.74, 6) is 1.26. The number of likely N-dealkylation sites (tertiary alicyclic amines) is 1. The van der Waals surface area contributed by atoms with Gasteiger partial charge in [-0.15, -0.1) is 0 Å². The van der Waals surface area contributed by atoms with E-state index < -0.39 is 5.97 Å². The quantitative estimate of drug-likeness (QED) is 0.196. The first-order valence-corrected chi connectivity index (χ1v) is 14.3. The highest BCUT2D eigenvalue weighted by atomic mass is 16.5. The molecule has 4 aromatic rings. The monoisotopic (exact) mass is 533 g/mol. The minimum absolute atomic E-state index is 0.0836. The number of rotatable bonds is 8. The van der Waals surface area contributed by atoms with Crippen LogP contribution in [0, 0.1) is 0 Å². The van der Waals surface area contributed by atoms with Gasteiger partial charge in [0.2, 0.25) is 0 Å². The van der Waals surface area contributed by atoms with Crippen LogP contribution in [0.1, 0.15) is 63.7 Å². The number of ether oxygens (including phenoxy) is 2. The molecule has 0 saturated carbocycles. The van der Waals surface area contributed by atoms with Gasteiger partial charge in [0.15, 0.2) is 0 Å². The number of para-hydroxylation sites is 1. The van der Waals surface area contributed by atoms with Crippen molar-refractivity contribution < 1.29 is 19.4 Å². The summed E-state index contributed by atoms with van der Waals surface area (Å²) in [6.45, 7) is 4.05. The molecule has 5 heteroatoms. The zero-order chi connectivity index (χ0) is 27.3. The minimum Gasteiger partial charge on any atom is -0.507 e. The van der Waals surface area contributed by atoms with Crippen molar-refractivity contribution in [2.75, 3.05) is 26.2 Å². The summed E-state index contributed by atoms with van der Waals surface area (Å²) in [4.78, 5) is 15.2. The van der Waals surface area contributed by atoms with Crippen molar-refractivity contribution in [2.45, 2.75) is 37.5 Å². The van der Waals surface area contributed by atoms with Crippen LogP contribution in [0.25, 0.3) is 0 Å². The van der Waals surface area contributed by atoms with Crippen LogP contribution < -0.4 is 9.47 Å². The molecule has 0 amide bonds. The van der Waals surface area contributed by atoms with Gasteiger partial charge in [-0.2, -0.15) is 0 Å². The number of aryl methyl sites for hydroxylation is 1. The summed E-state index contributed by atoms with van der Waals surface area (Å²) in [5, 5.41) is 10.1. The zero-order valence-electron chi connectivity index (χ0n) is 22.7. The molecule has 40 heavy (non-hydrogen) atoms. The van der Waals surface area contributed by atoms with Crippen molar-refractivity contribution in [3.63, 3.8) is 0 Å². The lowest BCUT2D eigenvalue weighted by molar-refractivity contribution is 0.0731. The molecule has 1 aliphatic carbocycles. The maximum absolute atomic E-state index is 12.7. The Balaban J connectivity index is 1.24. The van der Waals surface area contributed by atoms with Gasteiger partial charge in [0.25, 0.3) is 0 Å². The summed E-state index contributed by atoms with van der Waals surface area (Å²) in [6.07, 6.45) is 4.47. The average Bonchev–Trinajstić information content (AvgIpc) is 3.51. The normalized spacial score (nSPS) is 18.7. The molecule has 1 aliphatic heterocycles. The maximum Gasteiger partial charge on any atom is 0.347 e. The number of esters is 1. The van der Waals surface area contributed by atoms with E-state index in [2.05, 4.69) is 65.6 Å². The van der Waals surface area contributed by atoms with E-state index in [1.54, 1.807) is 18.2 Å². The zero-order valence-corrected chi connectivity index (χ0v) is 22.7. The summed E-state index contributed by atoms with van der Waals surface area (Å²) in [5.41, 5.74) is 5.18. The van der Waals surface area contributed by atoms with Crippen LogP contribution in [0.2, 0.25) is 0 Å². The van der Waals surface area contributed by atoms with E-state index in [1.165, 1.54) is 54.3 Å².